The molecule has 0 radical (unpaired) electrons. The first kappa shape index (κ1) is 22.8. The van der Waals surface area contributed by atoms with Crippen LogP contribution in [0.2, 0.25) is 0 Å². The molecule has 0 atom stereocenters. The van der Waals surface area contributed by atoms with E-state index in [-0.39, 0.29) is 0 Å². The molecule has 0 bridgehead atoms. The second-order valence-electron chi connectivity index (χ2n) is 7.90. The molecule has 9 heteroatoms. The van der Waals surface area contributed by atoms with Gasteiger partial charge in [-0.05, 0) is 57.4 Å². The van der Waals surface area contributed by atoms with Crippen LogP contribution in [0, 0.1) is 0 Å². The van der Waals surface area contributed by atoms with E-state index < -0.39 is 0 Å². The predicted octanol–water partition coefficient (Wildman–Crippen LogP) is 4.45. The van der Waals surface area contributed by atoms with E-state index in [9.17, 15) is 0 Å². The van der Waals surface area contributed by atoms with Gasteiger partial charge in [-0.1, -0.05) is 31.9 Å². The van der Waals surface area contributed by atoms with Gasteiger partial charge in [0.15, 0.2) is 11.6 Å². The van der Waals surface area contributed by atoms with E-state index in [0.29, 0.717) is 6.67 Å². The van der Waals surface area contributed by atoms with E-state index in [1.807, 2.05) is 49.8 Å². The topological polar surface area (TPSA) is 61.1 Å². The van der Waals surface area contributed by atoms with Crippen molar-refractivity contribution in [3.63, 3.8) is 0 Å². The molecule has 0 spiro atoms. The summed E-state index contributed by atoms with van der Waals surface area (Å²) >= 11 is 7.11. The Balaban J connectivity index is 1.74. The fraction of sp³-hybridized carbons (Fsp3) is 0.304. The molecule has 2 aromatic carbocycles. The first-order valence-corrected chi connectivity index (χ1v) is 12.0. The van der Waals surface area contributed by atoms with Crippen molar-refractivity contribution < 1.29 is 4.57 Å². The Hall–Kier alpha value is -2.36. The first-order chi connectivity index (χ1) is 15.4. The SMILES string of the molecule is CNc1c[n+](CN(CCCN(C)C)c2cnc3ccc(Br)cc3n2)c2ccc(Br)cc2n1. The van der Waals surface area contributed by atoms with Crippen molar-refractivity contribution in [2.75, 3.05) is 44.4 Å². The van der Waals surface area contributed by atoms with Gasteiger partial charge in [-0.15, -0.1) is 0 Å². The second-order valence-corrected chi connectivity index (χ2v) is 9.73. The highest BCUT2D eigenvalue weighted by Crippen LogP contribution is 2.21. The van der Waals surface area contributed by atoms with Gasteiger partial charge in [0.25, 0.3) is 0 Å². The van der Waals surface area contributed by atoms with Crippen LogP contribution < -0.4 is 14.8 Å². The molecule has 4 aromatic rings. The highest BCUT2D eigenvalue weighted by atomic mass is 79.9. The Labute approximate surface area is 204 Å². The Morgan fingerprint density at radius 2 is 1.69 bits per heavy atom. The lowest BCUT2D eigenvalue weighted by molar-refractivity contribution is -0.670. The smallest absolute Gasteiger partial charge is 0.232 e. The number of fused-ring (bicyclic) bond motifs is 2. The molecule has 7 nitrogen and oxygen atoms in total. The number of halogens is 2. The summed E-state index contributed by atoms with van der Waals surface area (Å²) in [7, 11) is 6.08. The van der Waals surface area contributed by atoms with Crippen molar-refractivity contribution in [2.24, 2.45) is 0 Å². The Bertz CT molecular complexity index is 1250. The quantitative estimate of drug-likeness (QED) is 0.322. The molecule has 4 rings (SSSR count). The molecule has 0 aliphatic carbocycles. The standard InChI is InChI=1S/C23H26Br2N7/c1-26-22-14-32(21-8-6-17(25)12-20(21)28-22)15-31(10-4-9-30(2)3)23-13-27-18-7-5-16(24)11-19(18)29-23/h5-8,11-14H,4,9-10,15H2,1-3H3,(H,26,28)/q+1. The minimum atomic E-state index is 0.636. The molecule has 2 aromatic heterocycles. The number of hydrogen-bond acceptors (Lipinski definition) is 6. The fourth-order valence-corrected chi connectivity index (χ4v) is 4.29. The average Bonchev–Trinajstić information content (AvgIpc) is 2.77. The monoisotopic (exact) mass is 558 g/mol. The summed E-state index contributed by atoms with van der Waals surface area (Å²) in [6, 6.07) is 12.2. The Kier molecular flexibility index (Phi) is 7.17. The fourth-order valence-electron chi connectivity index (χ4n) is 3.59. The molecule has 0 saturated carbocycles. The largest absolute Gasteiger partial charge is 0.368 e. The number of nitrogens with one attached hydrogen (secondary N) is 1. The number of rotatable bonds is 8. The van der Waals surface area contributed by atoms with Crippen LogP contribution in [0.3, 0.4) is 0 Å². The molecule has 0 aliphatic rings. The summed E-state index contributed by atoms with van der Waals surface area (Å²) in [5, 5.41) is 3.17. The van der Waals surface area contributed by atoms with Gasteiger partial charge in [-0.25, -0.2) is 9.97 Å². The van der Waals surface area contributed by atoms with Crippen LogP contribution in [0.25, 0.3) is 22.1 Å². The number of aromatic nitrogens is 4. The van der Waals surface area contributed by atoms with Crippen LogP contribution in [-0.4, -0.2) is 54.1 Å². The van der Waals surface area contributed by atoms with Crippen molar-refractivity contribution in [3.05, 3.63) is 57.7 Å². The normalized spacial score (nSPS) is 11.4. The third-order valence-electron chi connectivity index (χ3n) is 5.19. The summed E-state index contributed by atoms with van der Waals surface area (Å²) in [6.45, 7) is 2.49. The third kappa shape index (κ3) is 5.33. The first-order valence-electron chi connectivity index (χ1n) is 10.4. The van der Waals surface area contributed by atoms with Gasteiger partial charge in [0, 0.05) is 28.6 Å². The number of nitrogens with zero attached hydrogens (tertiary/aromatic N) is 6. The van der Waals surface area contributed by atoms with E-state index in [2.05, 4.69) is 76.7 Å². The zero-order valence-electron chi connectivity index (χ0n) is 18.4. The van der Waals surface area contributed by atoms with Crippen molar-refractivity contribution >= 4 is 65.6 Å². The minimum Gasteiger partial charge on any atom is -0.368 e. The maximum Gasteiger partial charge on any atom is 0.232 e. The van der Waals surface area contributed by atoms with Gasteiger partial charge in [0.2, 0.25) is 18.4 Å². The predicted molar refractivity (Wildman–Crippen MR) is 137 cm³/mol. The van der Waals surface area contributed by atoms with E-state index in [4.69, 9.17) is 9.97 Å². The molecule has 32 heavy (non-hydrogen) atoms. The molecule has 0 fully saturated rings. The summed E-state index contributed by atoms with van der Waals surface area (Å²) in [5.41, 5.74) is 3.74. The van der Waals surface area contributed by atoms with Crippen LogP contribution in [0.5, 0.6) is 0 Å². The van der Waals surface area contributed by atoms with Gasteiger partial charge in [-0.3, -0.25) is 9.88 Å². The van der Waals surface area contributed by atoms with Gasteiger partial charge in [-0.2, -0.15) is 4.57 Å². The average molecular weight is 560 g/mol. The maximum absolute atomic E-state index is 4.93. The molecule has 0 saturated heterocycles. The van der Waals surface area contributed by atoms with Gasteiger partial charge >= 0.3 is 0 Å². The number of anilines is 2. The summed E-state index contributed by atoms with van der Waals surface area (Å²) in [4.78, 5) is 18.8. The molecular formula is C23H26Br2N7+. The van der Waals surface area contributed by atoms with Crippen molar-refractivity contribution in [3.8, 4) is 0 Å². The van der Waals surface area contributed by atoms with Gasteiger partial charge < -0.3 is 10.2 Å². The Morgan fingerprint density at radius 1 is 0.938 bits per heavy atom. The third-order valence-corrected chi connectivity index (χ3v) is 6.18. The molecular weight excluding hydrogens is 534 g/mol. The molecule has 1 N–H and O–H groups in total. The molecule has 2 heterocycles. The number of hydrogen-bond donors (Lipinski definition) is 1. The Morgan fingerprint density at radius 3 is 2.44 bits per heavy atom. The molecule has 166 valence electrons. The highest BCUT2D eigenvalue weighted by molar-refractivity contribution is 9.10. The summed E-state index contributed by atoms with van der Waals surface area (Å²) < 4.78 is 4.21. The highest BCUT2D eigenvalue weighted by Gasteiger charge is 2.19. The van der Waals surface area contributed by atoms with Crippen LogP contribution in [-0.2, 0) is 6.67 Å². The van der Waals surface area contributed by atoms with E-state index in [1.54, 1.807) is 0 Å². The van der Waals surface area contributed by atoms with Gasteiger partial charge in [0.1, 0.15) is 5.52 Å². The second kappa shape index (κ2) is 10.1. The lowest BCUT2D eigenvalue weighted by Crippen LogP contribution is -2.46. The lowest BCUT2D eigenvalue weighted by Gasteiger charge is -2.22. The molecule has 0 amide bonds. The van der Waals surface area contributed by atoms with E-state index >= 15 is 0 Å². The van der Waals surface area contributed by atoms with Crippen LogP contribution in [0.1, 0.15) is 6.42 Å². The van der Waals surface area contributed by atoms with Gasteiger partial charge in [0.05, 0.1) is 17.2 Å². The van der Waals surface area contributed by atoms with Crippen LogP contribution >= 0.6 is 31.9 Å². The molecule has 0 aliphatic heterocycles. The van der Waals surface area contributed by atoms with Crippen LogP contribution in [0.4, 0.5) is 11.6 Å². The van der Waals surface area contributed by atoms with Crippen molar-refractivity contribution in [1.82, 2.24) is 19.9 Å². The maximum atomic E-state index is 4.93. The van der Waals surface area contributed by atoms with Crippen LogP contribution in [0.15, 0.2) is 57.7 Å². The minimum absolute atomic E-state index is 0.636. The summed E-state index contributed by atoms with van der Waals surface area (Å²) in [6.07, 6.45) is 4.92. The van der Waals surface area contributed by atoms with Crippen molar-refractivity contribution in [2.45, 2.75) is 13.1 Å². The zero-order valence-corrected chi connectivity index (χ0v) is 21.6. The molecule has 0 unspecified atom stereocenters. The lowest BCUT2D eigenvalue weighted by atomic mass is 10.3. The van der Waals surface area contributed by atoms with E-state index in [0.717, 1.165) is 62.2 Å². The summed E-state index contributed by atoms with van der Waals surface area (Å²) in [5.74, 6) is 1.67. The van der Waals surface area contributed by atoms with E-state index in [1.165, 1.54) is 0 Å². The zero-order chi connectivity index (χ0) is 22.7. The van der Waals surface area contributed by atoms with Crippen molar-refractivity contribution in [1.29, 1.82) is 0 Å². The number of benzene rings is 2.